The molecule has 0 saturated heterocycles. The molecule has 2 heteroatoms. The molecule has 0 aromatic heterocycles. The third-order valence-corrected chi connectivity index (χ3v) is 3.48. The highest BCUT2D eigenvalue weighted by Crippen LogP contribution is 2.07. The lowest BCUT2D eigenvalue weighted by atomic mass is 10.1. The molecule has 0 N–H and O–H groups in total. The van der Waals surface area contributed by atoms with Gasteiger partial charge in [-0.1, -0.05) is 67.6 Å². The number of halogens is 1. The van der Waals surface area contributed by atoms with Crippen LogP contribution in [0.5, 0.6) is 0 Å². The van der Waals surface area contributed by atoms with Crippen molar-refractivity contribution in [2.24, 2.45) is 0 Å². The number of rotatable bonds is 7. The second-order valence-electron chi connectivity index (χ2n) is 4.94. The van der Waals surface area contributed by atoms with E-state index in [4.69, 9.17) is 0 Å². The van der Waals surface area contributed by atoms with Crippen molar-refractivity contribution in [2.45, 2.75) is 26.3 Å². The monoisotopic (exact) mass is 289 g/mol. The first kappa shape index (κ1) is 16.7. The minimum Gasteiger partial charge on any atom is -0.299 e. The molecule has 0 aliphatic rings. The van der Waals surface area contributed by atoms with Crippen molar-refractivity contribution < 1.29 is 0 Å². The predicted octanol–water partition coefficient (Wildman–Crippen LogP) is 4.56. The molecule has 0 saturated carbocycles. The van der Waals surface area contributed by atoms with Crippen LogP contribution in [0.1, 0.15) is 24.5 Å². The SMILES string of the molecule is CCN(CCCc1ccccc1)Cc1ccccc1.Cl. The Balaban J connectivity index is 0.00000200. The van der Waals surface area contributed by atoms with Gasteiger partial charge >= 0.3 is 0 Å². The van der Waals surface area contributed by atoms with Gasteiger partial charge in [0.1, 0.15) is 0 Å². The summed E-state index contributed by atoms with van der Waals surface area (Å²) in [6.07, 6.45) is 2.40. The topological polar surface area (TPSA) is 3.24 Å². The summed E-state index contributed by atoms with van der Waals surface area (Å²) < 4.78 is 0. The van der Waals surface area contributed by atoms with E-state index in [1.54, 1.807) is 0 Å². The molecule has 20 heavy (non-hydrogen) atoms. The number of hydrogen-bond acceptors (Lipinski definition) is 1. The largest absolute Gasteiger partial charge is 0.299 e. The van der Waals surface area contributed by atoms with E-state index in [0.717, 1.165) is 13.1 Å². The van der Waals surface area contributed by atoms with Crippen LogP contribution in [0.2, 0.25) is 0 Å². The Bertz CT molecular complexity index is 455. The molecule has 0 radical (unpaired) electrons. The number of benzene rings is 2. The standard InChI is InChI=1S/C18H23N.ClH/c1-2-19(16-18-12-7-4-8-13-18)15-9-14-17-10-5-3-6-11-17;/h3-8,10-13H,2,9,14-16H2,1H3;1H. The van der Waals surface area contributed by atoms with E-state index in [1.807, 2.05) is 0 Å². The van der Waals surface area contributed by atoms with Gasteiger partial charge in [0.05, 0.1) is 0 Å². The van der Waals surface area contributed by atoms with Gasteiger partial charge in [0.2, 0.25) is 0 Å². The van der Waals surface area contributed by atoms with Gasteiger partial charge in [0, 0.05) is 6.54 Å². The molecule has 2 aromatic carbocycles. The van der Waals surface area contributed by atoms with Crippen LogP contribution in [-0.4, -0.2) is 18.0 Å². The van der Waals surface area contributed by atoms with E-state index >= 15 is 0 Å². The van der Waals surface area contributed by atoms with Crippen LogP contribution in [0.15, 0.2) is 60.7 Å². The van der Waals surface area contributed by atoms with Crippen molar-refractivity contribution in [3.8, 4) is 0 Å². The first-order chi connectivity index (χ1) is 9.38. The average molecular weight is 290 g/mol. The molecular weight excluding hydrogens is 266 g/mol. The Kier molecular flexibility index (Phi) is 8.01. The first-order valence-electron chi connectivity index (χ1n) is 7.18. The Labute approximate surface area is 129 Å². The van der Waals surface area contributed by atoms with E-state index < -0.39 is 0 Å². The van der Waals surface area contributed by atoms with Gasteiger partial charge in [-0.3, -0.25) is 4.90 Å². The summed E-state index contributed by atoms with van der Waals surface area (Å²) in [5.41, 5.74) is 2.85. The maximum atomic E-state index is 2.51. The molecule has 2 aromatic rings. The second kappa shape index (κ2) is 9.57. The highest BCUT2D eigenvalue weighted by atomic mass is 35.5. The predicted molar refractivity (Wildman–Crippen MR) is 89.4 cm³/mol. The van der Waals surface area contributed by atoms with Crippen molar-refractivity contribution in [3.63, 3.8) is 0 Å². The maximum absolute atomic E-state index is 2.51. The van der Waals surface area contributed by atoms with E-state index in [9.17, 15) is 0 Å². The highest BCUT2D eigenvalue weighted by molar-refractivity contribution is 5.85. The molecule has 0 heterocycles. The second-order valence-corrected chi connectivity index (χ2v) is 4.94. The van der Waals surface area contributed by atoms with Gasteiger partial charge in [-0.15, -0.1) is 12.4 Å². The summed E-state index contributed by atoms with van der Waals surface area (Å²) in [6.45, 7) is 5.58. The normalized spacial score (nSPS) is 10.3. The van der Waals surface area contributed by atoms with E-state index in [1.165, 1.54) is 30.5 Å². The Morgan fingerprint density at radius 1 is 0.800 bits per heavy atom. The lowest BCUT2D eigenvalue weighted by molar-refractivity contribution is 0.276. The van der Waals surface area contributed by atoms with Crippen molar-refractivity contribution in [2.75, 3.05) is 13.1 Å². The van der Waals surface area contributed by atoms with Crippen LogP contribution in [0.3, 0.4) is 0 Å². The molecule has 0 aliphatic carbocycles. The van der Waals surface area contributed by atoms with E-state index in [-0.39, 0.29) is 12.4 Å². The summed E-state index contributed by atoms with van der Waals surface area (Å²) in [7, 11) is 0. The number of nitrogens with zero attached hydrogens (tertiary/aromatic N) is 1. The fourth-order valence-electron chi connectivity index (χ4n) is 2.34. The lowest BCUT2D eigenvalue weighted by Gasteiger charge is -2.20. The van der Waals surface area contributed by atoms with Crippen molar-refractivity contribution >= 4 is 12.4 Å². The summed E-state index contributed by atoms with van der Waals surface area (Å²) in [5, 5.41) is 0. The van der Waals surface area contributed by atoms with Crippen LogP contribution >= 0.6 is 12.4 Å². The minimum atomic E-state index is 0. The number of aryl methyl sites for hydroxylation is 1. The first-order valence-corrected chi connectivity index (χ1v) is 7.18. The molecular formula is C18H24ClN. The van der Waals surface area contributed by atoms with Gasteiger partial charge in [0.25, 0.3) is 0 Å². The van der Waals surface area contributed by atoms with Crippen LogP contribution in [0.4, 0.5) is 0 Å². The fraction of sp³-hybridized carbons (Fsp3) is 0.333. The Morgan fingerprint density at radius 2 is 1.35 bits per heavy atom. The van der Waals surface area contributed by atoms with Crippen LogP contribution in [-0.2, 0) is 13.0 Å². The molecule has 0 bridgehead atoms. The molecule has 0 amide bonds. The lowest BCUT2D eigenvalue weighted by Crippen LogP contribution is -2.24. The number of hydrogen-bond donors (Lipinski definition) is 0. The van der Waals surface area contributed by atoms with Crippen molar-refractivity contribution in [1.29, 1.82) is 0 Å². The molecule has 0 spiro atoms. The third-order valence-electron chi connectivity index (χ3n) is 3.48. The smallest absolute Gasteiger partial charge is 0.0233 e. The summed E-state index contributed by atoms with van der Waals surface area (Å²) in [6, 6.07) is 21.5. The minimum absolute atomic E-state index is 0. The molecule has 1 nitrogen and oxygen atoms in total. The maximum Gasteiger partial charge on any atom is 0.0233 e. The van der Waals surface area contributed by atoms with Crippen LogP contribution in [0.25, 0.3) is 0 Å². The van der Waals surface area contributed by atoms with Crippen molar-refractivity contribution in [3.05, 3.63) is 71.8 Å². The fourth-order valence-corrected chi connectivity index (χ4v) is 2.34. The zero-order chi connectivity index (χ0) is 13.3. The molecule has 0 atom stereocenters. The molecule has 2 rings (SSSR count). The van der Waals surface area contributed by atoms with Crippen LogP contribution < -0.4 is 0 Å². The molecule has 108 valence electrons. The summed E-state index contributed by atoms with van der Waals surface area (Å²) in [4.78, 5) is 2.51. The van der Waals surface area contributed by atoms with E-state index in [2.05, 4.69) is 72.5 Å². The Hall–Kier alpha value is -1.31. The zero-order valence-electron chi connectivity index (χ0n) is 12.2. The summed E-state index contributed by atoms with van der Waals surface area (Å²) >= 11 is 0. The highest BCUT2D eigenvalue weighted by Gasteiger charge is 2.03. The zero-order valence-corrected chi connectivity index (χ0v) is 13.0. The molecule has 0 unspecified atom stereocenters. The molecule has 0 aliphatic heterocycles. The third kappa shape index (κ3) is 5.77. The van der Waals surface area contributed by atoms with Crippen LogP contribution in [0, 0.1) is 0 Å². The van der Waals surface area contributed by atoms with Gasteiger partial charge in [0.15, 0.2) is 0 Å². The Morgan fingerprint density at radius 3 is 1.90 bits per heavy atom. The van der Waals surface area contributed by atoms with Gasteiger partial charge in [-0.2, -0.15) is 0 Å². The van der Waals surface area contributed by atoms with Gasteiger partial charge < -0.3 is 0 Å². The quantitative estimate of drug-likeness (QED) is 0.722. The average Bonchev–Trinajstić information content (AvgIpc) is 2.48. The van der Waals surface area contributed by atoms with Gasteiger partial charge in [-0.05, 0) is 37.1 Å². The summed E-state index contributed by atoms with van der Waals surface area (Å²) in [5.74, 6) is 0. The molecule has 0 fully saturated rings. The van der Waals surface area contributed by atoms with Gasteiger partial charge in [-0.25, -0.2) is 0 Å². The van der Waals surface area contributed by atoms with E-state index in [0.29, 0.717) is 0 Å². The van der Waals surface area contributed by atoms with Crippen molar-refractivity contribution in [1.82, 2.24) is 4.90 Å².